The first-order valence-corrected chi connectivity index (χ1v) is 9.58. The number of fused-ring (bicyclic) bond motifs is 1. The number of rotatable bonds is 8. The van der Waals surface area contributed by atoms with Gasteiger partial charge >= 0.3 is 0 Å². The number of carbonyl (C=O) groups excluding carboxylic acids is 1. The molecule has 4 rings (SSSR count). The highest BCUT2D eigenvalue weighted by Crippen LogP contribution is 2.32. The second-order valence-corrected chi connectivity index (χ2v) is 6.79. The second kappa shape index (κ2) is 9.08. The number of amides is 1. The Morgan fingerprint density at radius 2 is 1.80 bits per heavy atom. The average Bonchev–Trinajstić information content (AvgIpc) is 3.20. The van der Waals surface area contributed by atoms with Crippen LogP contribution in [0.15, 0.2) is 48.7 Å². The highest BCUT2D eigenvalue weighted by atomic mass is 16.7. The fourth-order valence-corrected chi connectivity index (χ4v) is 2.92. The molecule has 1 amide bonds. The molecule has 0 saturated carbocycles. The van der Waals surface area contributed by atoms with Gasteiger partial charge in [-0.15, -0.1) is 10.2 Å². The Morgan fingerprint density at radius 1 is 0.967 bits per heavy atom. The molecule has 3 N–H and O–H groups in total. The first-order valence-electron chi connectivity index (χ1n) is 9.58. The van der Waals surface area contributed by atoms with Crippen LogP contribution in [0.4, 0.5) is 17.5 Å². The van der Waals surface area contributed by atoms with Gasteiger partial charge in [0, 0.05) is 19.3 Å². The molecule has 2 aromatic heterocycles. The molecule has 0 radical (unpaired) electrons. The van der Waals surface area contributed by atoms with Gasteiger partial charge in [-0.3, -0.25) is 4.79 Å². The summed E-state index contributed by atoms with van der Waals surface area (Å²) in [5, 5.41) is 17.4. The molecule has 0 spiro atoms. The summed E-state index contributed by atoms with van der Waals surface area (Å²) in [5.41, 5.74) is 1.99. The Hall–Kier alpha value is -3.88. The molecular weight excluding hydrogens is 384 g/mol. The van der Waals surface area contributed by atoms with Gasteiger partial charge < -0.3 is 25.4 Å². The third kappa shape index (κ3) is 5.13. The number of pyridine rings is 1. The van der Waals surface area contributed by atoms with Crippen molar-refractivity contribution in [2.75, 3.05) is 30.5 Å². The minimum atomic E-state index is -0.0630. The number of nitrogens with one attached hydrogen (secondary N) is 3. The number of hydrogen-bond donors (Lipinski definition) is 3. The summed E-state index contributed by atoms with van der Waals surface area (Å²) >= 11 is 0. The number of benzene rings is 1. The Morgan fingerprint density at radius 3 is 2.63 bits per heavy atom. The van der Waals surface area contributed by atoms with Crippen molar-refractivity contribution in [3.05, 3.63) is 59.8 Å². The smallest absolute Gasteiger partial charge is 0.231 e. The van der Waals surface area contributed by atoms with Crippen molar-refractivity contribution >= 4 is 23.4 Å². The Kier molecular flexibility index (Phi) is 5.88. The largest absolute Gasteiger partial charge is 0.454 e. The number of aromatic nitrogens is 3. The summed E-state index contributed by atoms with van der Waals surface area (Å²) in [6.45, 7) is 3.23. The summed E-state index contributed by atoms with van der Waals surface area (Å²) in [6.07, 6.45) is 2.02. The Bertz CT molecular complexity index is 1030. The number of nitrogens with zero attached hydrogens (tertiary/aromatic N) is 3. The van der Waals surface area contributed by atoms with Crippen molar-refractivity contribution in [1.29, 1.82) is 0 Å². The number of ether oxygens (including phenoxy) is 2. The fraction of sp³-hybridized carbons (Fsp3) is 0.238. The van der Waals surface area contributed by atoms with Gasteiger partial charge in [-0.05, 0) is 54.4 Å². The third-order valence-electron chi connectivity index (χ3n) is 4.39. The first-order chi connectivity index (χ1) is 14.7. The highest BCUT2D eigenvalue weighted by Gasteiger charge is 2.14. The predicted molar refractivity (Wildman–Crippen MR) is 112 cm³/mol. The maximum Gasteiger partial charge on any atom is 0.231 e. The lowest BCUT2D eigenvalue weighted by molar-refractivity contribution is -0.120. The lowest BCUT2D eigenvalue weighted by atomic mass is 10.1. The molecule has 0 unspecified atom stereocenters. The molecule has 1 aliphatic heterocycles. The summed E-state index contributed by atoms with van der Waals surface area (Å²) in [4.78, 5) is 16.3. The average molecular weight is 406 g/mol. The van der Waals surface area contributed by atoms with Crippen LogP contribution in [0.2, 0.25) is 0 Å². The molecule has 0 aliphatic carbocycles. The fourth-order valence-electron chi connectivity index (χ4n) is 2.92. The summed E-state index contributed by atoms with van der Waals surface area (Å²) in [6, 6.07) is 13.0. The predicted octanol–water partition coefficient (Wildman–Crippen LogP) is 2.42. The van der Waals surface area contributed by atoms with E-state index in [1.807, 2.05) is 49.4 Å². The number of aryl methyl sites for hydroxylation is 1. The van der Waals surface area contributed by atoms with Crippen LogP contribution in [0.5, 0.6) is 11.5 Å². The van der Waals surface area contributed by atoms with Gasteiger partial charge in [0.1, 0.15) is 11.6 Å². The van der Waals surface area contributed by atoms with E-state index in [-0.39, 0.29) is 19.1 Å². The highest BCUT2D eigenvalue weighted by molar-refractivity contribution is 5.78. The lowest BCUT2D eigenvalue weighted by Gasteiger charge is -2.09. The van der Waals surface area contributed by atoms with Crippen LogP contribution in [0, 0.1) is 6.92 Å². The molecule has 1 aliphatic rings. The molecular formula is C21H22N6O3. The zero-order chi connectivity index (χ0) is 20.8. The van der Waals surface area contributed by atoms with Crippen molar-refractivity contribution in [2.24, 2.45) is 0 Å². The lowest BCUT2D eigenvalue weighted by Crippen LogP contribution is -2.30. The van der Waals surface area contributed by atoms with Gasteiger partial charge in [-0.2, -0.15) is 0 Å². The van der Waals surface area contributed by atoms with E-state index >= 15 is 0 Å². The van der Waals surface area contributed by atoms with Crippen molar-refractivity contribution in [1.82, 2.24) is 20.5 Å². The SMILES string of the molecule is Cc1ccnc(Nc2ccc(NCCNC(=O)Cc3ccc4c(c3)OCO4)nn2)c1. The van der Waals surface area contributed by atoms with E-state index in [2.05, 4.69) is 31.1 Å². The first kappa shape index (κ1) is 19.4. The van der Waals surface area contributed by atoms with Crippen LogP contribution in [0.1, 0.15) is 11.1 Å². The van der Waals surface area contributed by atoms with Gasteiger partial charge in [0.25, 0.3) is 0 Å². The van der Waals surface area contributed by atoms with Crippen LogP contribution in [0.3, 0.4) is 0 Å². The van der Waals surface area contributed by atoms with Crippen molar-refractivity contribution < 1.29 is 14.3 Å². The molecule has 1 aromatic carbocycles. The van der Waals surface area contributed by atoms with Crippen LogP contribution in [-0.4, -0.2) is 41.0 Å². The second-order valence-electron chi connectivity index (χ2n) is 6.79. The summed E-state index contributed by atoms with van der Waals surface area (Å²) in [7, 11) is 0. The van der Waals surface area contributed by atoms with E-state index in [1.54, 1.807) is 6.20 Å². The van der Waals surface area contributed by atoms with Gasteiger partial charge in [-0.1, -0.05) is 6.07 Å². The molecule has 0 atom stereocenters. The van der Waals surface area contributed by atoms with Gasteiger partial charge in [0.2, 0.25) is 12.7 Å². The standard InChI is InChI=1S/C21H22N6O3/c1-14-6-7-22-20(10-14)25-19-5-4-18(26-27-19)23-8-9-24-21(28)12-15-2-3-16-17(11-15)30-13-29-16/h2-7,10-11H,8-9,12-13H2,1H3,(H,23,26)(H,24,28)(H,22,25,27). The van der Waals surface area contributed by atoms with Gasteiger partial charge in [0.15, 0.2) is 17.3 Å². The molecule has 0 saturated heterocycles. The van der Waals surface area contributed by atoms with Crippen molar-refractivity contribution in [3.8, 4) is 11.5 Å². The summed E-state index contributed by atoms with van der Waals surface area (Å²) in [5.74, 6) is 3.28. The maximum absolute atomic E-state index is 12.1. The molecule has 154 valence electrons. The minimum absolute atomic E-state index is 0.0630. The quantitative estimate of drug-likeness (QED) is 0.489. The Balaban J connectivity index is 1.18. The molecule has 9 nitrogen and oxygen atoms in total. The third-order valence-corrected chi connectivity index (χ3v) is 4.39. The van der Waals surface area contributed by atoms with Crippen molar-refractivity contribution in [3.63, 3.8) is 0 Å². The van der Waals surface area contributed by atoms with E-state index in [1.165, 1.54) is 0 Å². The van der Waals surface area contributed by atoms with Crippen molar-refractivity contribution in [2.45, 2.75) is 13.3 Å². The molecule has 9 heteroatoms. The van der Waals surface area contributed by atoms with E-state index in [0.717, 1.165) is 16.9 Å². The zero-order valence-corrected chi connectivity index (χ0v) is 16.5. The van der Waals surface area contributed by atoms with Crippen LogP contribution in [0.25, 0.3) is 0 Å². The monoisotopic (exact) mass is 406 g/mol. The number of hydrogen-bond acceptors (Lipinski definition) is 8. The topological polar surface area (TPSA) is 110 Å². The molecule has 3 aromatic rings. The van der Waals surface area contributed by atoms with Crippen LogP contribution >= 0.6 is 0 Å². The molecule has 3 heterocycles. The van der Waals surface area contributed by atoms with Crippen LogP contribution < -0.4 is 25.4 Å². The van der Waals surface area contributed by atoms with E-state index in [0.29, 0.717) is 36.2 Å². The normalized spacial score (nSPS) is 11.8. The summed E-state index contributed by atoms with van der Waals surface area (Å²) < 4.78 is 10.6. The van der Waals surface area contributed by atoms with E-state index < -0.39 is 0 Å². The zero-order valence-electron chi connectivity index (χ0n) is 16.5. The number of anilines is 3. The number of carbonyl (C=O) groups is 1. The molecule has 0 bridgehead atoms. The Labute approximate surface area is 173 Å². The van der Waals surface area contributed by atoms with Crippen LogP contribution in [-0.2, 0) is 11.2 Å². The maximum atomic E-state index is 12.1. The van der Waals surface area contributed by atoms with Gasteiger partial charge in [-0.25, -0.2) is 4.98 Å². The minimum Gasteiger partial charge on any atom is -0.454 e. The molecule has 30 heavy (non-hydrogen) atoms. The molecule has 0 fully saturated rings. The van der Waals surface area contributed by atoms with E-state index in [9.17, 15) is 4.79 Å². The van der Waals surface area contributed by atoms with Gasteiger partial charge in [0.05, 0.1) is 6.42 Å². The van der Waals surface area contributed by atoms with E-state index in [4.69, 9.17) is 9.47 Å².